The molecule has 1 aromatic carbocycles. The van der Waals surface area contributed by atoms with Crippen molar-refractivity contribution in [2.24, 2.45) is 0 Å². The number of carbonyl (C=O) groups is 1. The van der Waals surface area contributed by atoms with Gasteiger partial charge in [0.25, 0.3) is 5.91 Å². The summed E-state index contributed by atoms with van der Waals surface area (Å²) in [4.78, 5) is 14.3. The first-order valence-corrected chi connectivity index (χ1v) is 7.46. The van der Waals surface area contributed by atoms with Crippen molar-refractivity contribution in [2.75, 3.05) is 26.2 Å². The van der Waals surface area contributed by atoms with E-state index in [0.29, 0.717) is 11.4 Å². The zero-order chi connectivity index (χ0) is 13.4. The molecule has 0 spiro atoms. The van der Waals surface area contributed by atoms with Gasteiger partial charge in [-0.05, 0) is 28.1 Å². The number of hydrogen-bond donors (Lipinski definition) is 1. The van der Waals surface area contributed by atoms with Gasteiger partial charge in [0.15, 0.2) is 6.10 Å². The highest BCUT2D eigenvalue weighted by molar-refractivity contribution is 9.10. The zero-order valence-corrected chi connectivity index (χ0v) is 12.6. The molecule has 1 aromatic rings. The highest BCUT2D eigenvalue weighted by atomic mass is 79.9. The van der Waals surface area contributed by atoms with Crippen molar-refractivity contribution in [3.8, 4) is 5.75 Å². The Bertz CT molecular complexity index is 518. The van der Waals surface area contributed by atoms with Gasteiger partial charge in [0.2, 0.25) is 0 Å². The van der Waals surface area contributed by atoms with Crippen molar-refractivity contribution in [1.82, 2.24) is 10.2 Å². The van der Waals surface area contributed by atoms with Gasteiger partial charge in [0.05, 0.1) is 4.47 Å². The fraction of sp³-hybridized carbons (Fsp3) is 0.462. The van der Waals surface area contributed by atoms with Crippen LogP contribution < -0.4 is 10.1 Å². The lowest BCUT2D eigenvalue weighted by atomic mass is 10.1. The van der Waals surface area contributed by atoms with Crippen molar-refractivity contribution < 1.29 is 9.53 Å². The maximum absolute atomic E-state index is 12.4. The smallest absolute Gasteiger partial charge is 0.264 e. The molecule has 1 fully saturated rings. The number of carbonyl (C=O) groups excluding carboxylic acids is 1. The number of benzene rings is 1. The Balaban J connectivity index is 1.76. The Morgan fingerprint density at radius 1 is 1.42 bits per heavy atom. The SMILES string of the molecule is O=C([C@H]1Cc2cc(Cl)cc(Br)c2O1)N1CCNCC1. The fourth-order valence-electron chi connectivity index (χ4n) is 2.51. The average Bonchev–Trinajstić information content (AvgIpc) is 2.83. The van der Waals surface area contributed by atoms with Gasteiger partial charge in [-0.25, -0.2) is 0 Å². The lowest BCUT2D eigenvalue weighted by molar-refractivity contribution is -0.138. The first-order chi connectivity index (χ1) is 9.15. The molecule has 4 nitrogen and oxygen atoms in total. The summed E-state index contributed by atoms with van der Waals surface area (Å²) in [5.41, 5.74) is 0.993. The molecule has 0 unspecified atom stereocenters. The molecule has 102 valence electrons. The number of amides is 1. The minimum absolute atomic E-state index is 0.0701. The molecular formula is C13H14BrClN2O2. The van der Waals surface area contributed by atoms with Crippen LogP contribution in [0.5, 0.6) is 5.75 Å². The van der Waals surface area contributed by atoms with Crippen LogP contribution in [0.15, 0.2) is 16.6 Å². The Morgan fingerprint density at radius 2 is 2.16 bits per heavy atom. The summed E-state index contributed by atoms with van der Waals surface area (Å²) in [5, 5.41) is 3.89. The maximum Gasteiger partial charge on any atom is 0.264 e. The first kappa shape index (κ1) is 13.2. The predicted molar refractivity (Wildman–Crippen MR) is 76.7 cm³/mol. The third-order valence-electron chi connectivity index (χ3n) is 3.45. The molecule has 0 aliphatic carbocycles. The van der Waals surface area contributed by atoms with Crippen LogP contribution in [0.1, 0.15) is 5.56 Å². The van der Waals surface area contributed by atoms with Crippen molar-refractivity contribution in [3.63, 3.8) is 0 Å². The number of hydrogen-bond acceptors (Lipinski definition) is 3. The van der Waals surface area contributed by atoms with Crippen molar-refractivity contribution in [2.45, 2.75) is 12.5 Å². The number of halogens is 2. The molecule has 2 aliphatic rings. The monoisotopic (exact) mass is 344 g/mol. The highest BCUT2D eigenvalue weighted by Crippen LogP contribution is 2.38. The van der Waals surface area contributed by atoms with Gasteiger partial charge in [0.1, 0.15) is 5.75 Å². The summed E-state index contributed by atoms with van der Waals surface area (Å²) >= 11 is 9.44. The van der Waals surface area contributed by atoms with Crippen LogP contribution in [0, 0.1) is 0 Å². The van der Waals surface area contributed by atoms with Gasteiger partial charge in [-0.1, -0.05) is 11.6 Å². The van der Waals surface area contributed by atoms with E-state index >= 15 is 0 Å². The molecule has 3 rings (SSSR count). The molecule has 0 saturated carbocycles. The summed E-state index contributed by atoms with van der Waals surface area (Å²) in [6, 6.07) is 3.66. The summed E-state index contributed by atoms with van der Waals surface area (Å²) in [7, 11) is 0. The fourth-order valence-corrected chi connectivity index (χ4v) is 3.47. The summed E-state index contributed by atoms with van der Waals surface area (Å²) in [5.74, 6) is 0.818. The van der Waals surface area contributed by atoms with E-state index in [-0.39, 0.29) is 5.91 Å². The van der Waals surface area contributed by atoms with Crippen molar-refractivity contribution in [3.05, 3.63) is 27.2 Å². The van der Waals surface area contributed by atoms with Gasteiger partial charge in [-0.15, -0.1) is 0 Å². The molecule has 0 radical (unpaired) electrons. The average molecular weight is 346 g/mol. The summed E-state index contributed by atoms with van der Waals surface area (Å²) in [6.45, 7) is 3.19. The molecule has 1 atom stereocenters. The lowest BCUT2D eigenvalue weighted by Gasteiger charge is -2.29. The van der Waals surface area contributed by atoms with E-state index in [0.717, 1.165) is 42.0 Å². The van der Waals surface area contributed by atoms with Crippen LogP contribution >= 0.6 is 27.5 Å². The first-order valence-electron chi connectivity index (χ1n) is 6.29. The minimum Gasteiger partial charge on any atom is -0.479 e. The van der Waals surface area contributed by atoms with Crippen LogP contribution in [-0.2, 0) is 11.2 Å². The quantitative estimate of drug-likeness (QED) is 0.844. The molecule has 0 bridgehead atoms. The normalized spacial score (nSPS) is 22.0. The number of nitrogens with zero attached hydrogens (tertiary/aromatic N) is 1. The topological polar surface area (TPSA) is 41.6 Å². The van der Waals surface area contributed by atoms with E-state index < -0.39 is 6.10 Å². The standard InChI is InChI=1S/C13H14BrClN2O2/c14-10-7-9(15)5-8-6-11(19-12(8)10)13(18)17-3-1-16-2-4-17/h5,7,11,16H,1-4,6H2/t11-/m1/s1. The number of piperazine rings is 1. The summed E-state index contributed by atoms with van der Waals surface area (Å²) < 4.78 is 6.60. The molecule has 1 saturated heterocycles. The zero-order valence-electron chi connectivity index (χ0n) is 10.3. The molecule has 0 aromatic heterocycles. The second-order valence-corrected chi connectivity index (χ2v) is 6.05. The van der Waals surface area contributed by atoms with E-state index in [2.05, 4.69) is 21.2 Å². The van der Waals surface area contributed by atoms with Gasteiger partial charge >= 0.3 is 0 Å². The van der Waals surface area contributed by atoms with E-state index in [1.54, 1.807) is 6.07 Å². The highest BCUT2D eigenvalue weighted by Gasteiger charge is 2.34. The molecule has 1 N–H and O–H groups in total. The van der Waals surface area contributed by atoms with Gasteiger partial charge in [-0.2, -0.15) is 0 Å². The largest absolute Gasteiger partial charge is 0.479 e. The second kappa shape index (κ2) is 5.31. The Labute approximate surface area is 125 Å². The predicted octanol–water partition coefficient (Wildman–Crippen LogP) is 1.84. The molecule has 2 aliphatic heterocycles. The van der Waals surface area contributed by atoms with Gasteiger partial charge in [-0.3, -0.25) is 4.79 Å². The molecule has 6 heteroatoms. The molecular weight excluding hydrogens is 332 g/mol. The van der Waals surface area contributed by atoms with Gasteiger partial charge < -0.3 is 15.0 Å². The van der Waals surface area contributed by atoms with E-state index in [1.807, 2.05) is 11.0 Å². The molecule has 2 heterocycles. The van der Waals surface area contributed by atoms with E-state index in [4.69, 9.17) is 16.3 Å². The number of nitrogens with one attached hydrogen (secondary N) is 1. The van der Waals surface area contributed by atoms with E-state index in [9.17, 15) is 4.79 Å². The van der Waals surface area contributed by atoms with Crippen LogP contribution in [0.2, 0.25) is 5.02 Å². The Hall–Kier alpha value is -0.780. The second-order valence-electron chi connectivity index (χ2n) is 4.76. The van der Waals surface area contributed by atoms with Crippen LogP contribution in [0.25, 0.3) is 0 Å². The maximum atomic E-state index is 12.4. The molecule has 1 amide bonds. The van der Waals surface area contributed by atoms with Crippen LogP contribution in [0.3, 0.4) is 0 Å². The minimum atomic E-state index is -0.414. The molecule has 19 heavy (non-hydrogen) atoms. The number of ether oxygens (including phenoxy) is 1. The van der Waals surface area contributed by atoms with E-state index in [1.165, 1.54) is 0 Å². The lowest BCUT2D eigenvalue weighted by Crippen LogP contribution is -2.50. The summed E-state index contributed by atoms with van der Waals surface area (Å²) in [6.07, 6.45) is 0.180. The van der Waals surface area contributed by atoms with Crippen molar-refractivity contribution >= 4 is 33.4 Å². The van der Waals surface area contributed by atoms with Crippen LogP contribution in [-0.4, -0.2) is 43.1 Å². The number of fused-ring (bicyclic) bond motifs is 1. The Kier molecular flexibility index (Phi) is 3.69. The Morgan fingerprint density at radius 3 is 2.89 bits per heavy atom. The van der Waals surface area contributed by atoms with Crippen molar-refractivity contribution in [1.29, 1.82) is 0 Å². The van der Waals surface area contributed by atoms with Gasteiger partial charge in [0, 0.05) is 43.2 Å². The van der Waals surface area contributed by atoms with Crippen LogP contribution in [0.4, 0.5) is 0 Å². The number of rotatable bonds is 1. The third kappa shape index (κ3) is 2.59. The third-order valence-corrected chi connectivity index (χ3v) is 4.26.